The SMILES string of the molecule is C=C1CCC(N2C(=O)c3ccc(OCCOCCOCCN4CCN(CCOc5ccc6cc5COC/C=C/COCc5cccc(c5)-c5ccnc(n5)N6)CC4)cc3C2=O)C(=O)N1. The van der Waals surface area contributed by atoms with Crippen LogP contribution in [0.3, 0.4) is 0 Å². The number of piperazine rings is 1. The number of hydrogen-bond acceptors (Lipinski definition) is 14. The van der Waals surface area contributed by atoms with Crippen molar-refractivity contribution in [2.75, 3.05) is 97.4 Å². The molecular weight excluding hydrogens is 819 g/mol. The van der Waals surface area contributed by atoms with Crippen LogP contribution in [0.15, 0.2) is 97.4 Å². The van der Waals surface area contributed by atoms with Gasteiger partial charge in [-0.25, -0.2) is 9.97 Å². The summed E-state index contributed by atoms with van der Waals surface area (Å²) in [5.74, 6) is 0.378. The van der Waals surface area contributed by atoms with E-state index in [1.54, 1.807) is 24.4 Å². The Morgan fingerprint density at radius 3 is 2.30 bits per heavy atom. The Morgan fingerprint density at radius 2 is 1.48 bits per heavy atom. The second-order valence-electron chi connectivity index (χ2n) is 15.9. The number of allylic oxidation sites excluding steroid dienone is 1. The number of nitrogens with one attached hydrogen (secondary N) is 2. The second-order valence-corrected chi connectivity index (χ2v) is 15.9. The molecule has 1 unspecified atom stereocenters. The topological polar surface area (TPSA) is 166 Å². The minimum atomic E-state index is -0.852. The van der Waals surface area contributed by atoms with Crippen molar-refractivity contribution in [2.24, 2.45) is 0 Å². The normalized spacial score (nSPS) is 19.0. The molecule has 0 spiro atoms. The third-order valence-electron chi connectivity index (χ3n) is 11.4. The molecular formula is C48H55N7O9. The zero-order valence-corrected chi connectivity index (χ0v) is 36.0. The molecule has 3 amide bonds. The summed E-state index contributed by atoms with van der Waals surface area (Å²) in [4.78, 5) is 53.7. The van der Waals surface area contributed by atoms with Crippen molar-refractivity contribution in [3.05, 3.63) is 120 Å². The molecule has 0 saturated carbocycles. The highest BCUT2D eigenvalue weighted by Gasteiger charge is 2.44. The Hall–Kier alpha value is -6.01. The Morgan fingerprint density at radius 1 is 0.734 bits per heavy atom. The molecule has 5 heterocycles. The lowest BCUT2D eigenvalue weighted by molar-refractivity contribution is -0.125. The number of carbonyl (C=O) groups is 3. The largest absolute Gasteiger partial charge is 0.492 e. The first kappa shape index (κ1) is 44.6. The van der Waals surface area contributed by atoms with Crippen molar-refractivity contribution in [3.63, 3.8) is 0 Å². The first-order valence-corrected chi connectivity index (χ1v) is 21.9. The number of carbonyl (C=O) groups excluding carboxylic acids is 3. The molecule has 1 atom stereocenters. The number of amides is 3. The van der Waals surface area contributed by atoms with Gasteiger partial charge < -0.3 is 39.1 Å². The quantitative estimate of drug-likeness (QED) is 0.0933. The number of ether oxygens (including phenoxy) is 6. The molecule has 6 bridgehead atoms. The zero-order chi connectivity index (χ0) is 44.1. The number of fused-ring (bicyclic) bond motifs is 8. The van der Waals surface area contributed by atoms with E-state index in [4.69, 9.17) is 33.4 Å². The smallest absolute Gasteiger partial charge is 0.262 e. The molecule has 4 aliphatic rings. The van der Waals surface area contributed by atoms with Crippen LogP contribution < -0.4 is 20.1 Å². The van der Waals surface area contributed by atoms with Crippen molar-refractivity contribution in [1.29, 1.82) is 0 Å². The van der Waals surface area contributed by atoms with Gasteiger partial charge >= 0.3 is 0 Å². The summed E-state index contributed by atoms with van der Waals surface area (Å²) < 4.78 is 35.5. The summed E-state index contributed by atoms with van der Waals surface area (Å²) >= 11 is 0. The Balaban J connectivity index is 0.704. The maximum Gasteiger partial charge on any atom is 0.262 e. The Kier molecular flexibility index (Phi) is 15.4. The molecule has 1 aromatic heterocycles. The highest BCUT2D eigenvalue weighted by molar-refractivity contribution is 6.23. The predicted molar refractivity (Wildman–Crippen MR) is 238 cm³/mol. The van der Waals surface area contributed by atoms with Crippen LogP contribution in [0.5, 0.6) is 11.5 Å². The number of hydrogen-bond donors (Lipinski definition) is 2. The molecule has 2 N–H and O–H groups in total. The average Bonchev–Trinajstić information content (AvgIpc) is 3.55. The summed E-state index contributed by atoms with van der Waals surface area (Å²) in [6, 6.07) is 20.0. The number of benzene rings is 3. The number of piperidine rings is 1. The van der Waals surface area contributed by atoms with Crippen LogP contribution in [-0.2, 0) is 37.0 Å². The fraction of sp³-hybridized carbons (Fsp3) is 0.396. The van der Waals surface area contributed by atoms with Gasteiger partial charge in [-0.1, -0.05) is 36.9 Å². The molecule has 64 heavy (non-hydrogen) atoms. The van der Waals surface area contributed by atoms with Gasteiger partial charge in [0.25, 0.3) is 11.8 Å². The maximum absolute atomic E-state index is 13.1. The molecule has 4 aromatic rings. The zero-order valence-electron chi connectivity index (χ0n) is 36.0. The van der Waals surface area contributed by atoms with Gasteiger partial charge in [0, 0.05) is 68.0 Å². The van der Waals surface area contributed by atoms with Gasteiger partial charge in [0.15, 0.2) is 0 Å². The number of nitrogens with zero attached hydrogens (tertiary/aromatic N) is 5. The van der Waals surface area contributed by atoms with Crippen molar-refractivity contribution < 1.29 is 42.8 Å². The van der Waals surface area contributed by atoms with Crippen molar-refractivity contribution in [3.8, 4) is 22.8 Å². The van der Waals surface area contributed by atoms with E-state index >= 15 is 0 Å². The third kappa shape index (κ3) is 11.8. The van der Waals surface area contributed by atoms with E-state index in [-0.39, 0.29) is 17.7 Å². The van der Waals surface area contributed by atoms with E-state index < -0.39 is 23.8 Å². The molecule has 0 aliphatic carbocycles. The lowest BCUT2D eigenvalue weighted by Gasteiger charge is -2.34. The van der Waals surface area contributed by atoms with E-state index in [0.29, 0.717) is 89.7 Å². The molecule has 4 aliphatic heterocycles. The number of rotatable bonds is 15. The Bertz CT molecular complexity index is 2310. The number of anilines is 2. The van der Waals surface area contributed by atoms with Gasteiger partial charge in [0.05, 0.1) is 69.7 Å². The van der Waals surface area contributed by atoms with E-state index in [1.165, 1.54) is 0 Å². The van der Waals surface area contributed by atoms with E-state index in [0.717, 1.165) is 78.0 Å². The monoisotopic (exact) mass is 873 g/mol. The van der Waals surface area contributed by atoms with Gasteiger partial charge in [-0.3, -0.25) is 29.1 Å². The van der Waals surface area contributed by atoms with Crippen molar-refractivity contribution in [1.82, 2.24) is 30.0 Å². The van der Waals surface area contributed by atoms with Crippen LogP contribution in [0.4, 0.5) is 11.6 Å². The van der Waals surface area contributed by atoms with Crippen molar-refractivity contribution >= 4 is 29.4 Å². The fourth-order valence-electron chi connectivity index (χ4n) is 7.93. The van der Waals surface area contributed by atoms with Gasteiger partial charge in [0.1, 0.15) is 30.8 Å². The van der Waals surface area contributed by atoms with Gasteiger partial charge in [0.2, 0.25) is 11.9 Å². The van der Waals surface area contributed by atoms with Gasteiger partial charge in [-0.05, 0) is 66.9 Å². The lowest BCUT2D eigenvalue weighted by atomic mass is 10.0. The summed E-state index contributed by atoms with van der Waals surface area (Å²) in [5.41, 5.74) is 5.77. The first-order valence-electron chi connectivity index (χ1n) is 21.9. The third-order valence-corrected chi connectivity index (χ3v) is 11.4. The highest BCUT2D eigenvalue weighted by atomic mass is 16.5. The molecule has 16 nitrogen and oxygen atoms in total. The minimum Gasteiger partial charge on any atom is -0.492 e. The van der Waals surface area contributed by atoms with E-state index in [9.17, 15) is 14.4 Å². The van der Waals surface area contributed by atoms with E-state index in [2.05, 4.69) is 38.1 Å². The molecule has 2 saturated heterocycles. The summed E-state index contributed by atoms with van der Waals surface area (Å²) in [7, 11) is 0. The summed E-state index contributed by atoms with van der Waals surface area (Å²) in [6.45, 7) is 13.7. The Labute approximate surface area is 373 Å². The molecule has 3 aromatic carbocycles. The minimum absolute atomic E-state index is 0.231. The van der Waals surface area contributed by atoms with Crippen LogP contribution >= 0.6 is 0 Å². The fourth-order valence-corrected chi connectivity index (χ4v) is 7.93. The molecule has 336 valence electrons. The average molecular weight is 874 g/mol. The second kappa shape index (κ2) is 22.1. The summed E-state index contributed by atoms with van der Waals surface area (Å²) in [6.07, 6.45) is 6.58. The molecule has 8 rings (SSSR count). The first-order chi connectivity index (χ1) is 31.4. The van der Waals surface area contributed by atoms with Crippen LogP contribution in [0.1, 0.15) is 44.7 Å². The predicted octanol–water partition coefficient (Wildman–Crippen LogP) is 4.99. The molecule has 0 radical (unpaired) electrons. The highest BCUT2D eigenvalue weighted by Crippen LogP contribution is 2.31. The van der Waals surface area contributed by atoms with Crippen LogP contribution in [0, 0.1) is 0 Å². The maximum atomic E-state index is 13.1. The van der Waals surface area contributed by atoms with Crippen LogP contribution in [0.2, 0.25) is 0 Å². The van der Waals surface area contributed by atoms with Gasteiger partial charge in [-0.15, -0.1) is 0 Å². The van der Waals surface area contributed by atoms with Gasteiger partial charge in [-0.2, -0.15) is 0 Å². The number of imide groups is 1. The van der Waals surface area contributed by atoms with E-state index in [1.807, 2.05) is 54.6 Å². The van der Waals surface area contributed by atoms with Crippen LogP contribution in [0.25, 0.3) is 11.3 Å². The number of aromatic nitrogens is 2. The van der Waals surface area contributed by atoms with Crippen LogP contribution in [-0.4, -0.2) is 141 Å². The summed E-state index contributed by atoms with van der Waals surface area (Å²) in [5, 5.41) is 6.00. The molecule has 2 fully saturated rings. The molecule has 16 heteroatoms. The standard InChI is InChI=1S/C48H55N7O9/c1-34-7-11-43(45(56)50-34)55-46(57)40-10-9-39(31-41(40)47(55)58)63-28-27-60-26-25-59-23-19-53-15-17-54(18-16-53)20-24-64-44-12-8-38-30-37(44)33-62-22-3-2-21-61-32-35-5-4-6-36(29-35)42-13-14-49-48(51-38)52-42/h2-6,8-10,12-14,29-31,43H,1,7,11,15-28,32-33H2,(H,50,56)(H,49,51,52)/b3-2+. The van der Waals surface area contributed by atoms with Crippen molar-refractivity contribution in [2.45, 2.75) is 32.1 Å². The lowest BCUT2D eigenvalue weighted by Crippen LogP contribution is -2.51.